The van der Waals surface area contributed by atoms with E-state index in [2.05, 4.69) is 9.97 Å². The van der Waals surface area contributed by atoms with Crippen molar-refractivity contribution in [2.24, 2.45) is 0 Å². The summed E-state index contributed by atoms with van der Waals surface area (Å²) in [6.45, 7) is 1.76. The quantitative estimate of drug-likeness (QED) is 0.283. The maximum atomic E-state index is 12.7. The summed E-state index contributed by atoms with van der Waals surface area (Å²) in [4.78, 5) is 20.9. The van der Waals surface area contributed by atoms with Gasteiger partial charge in [-0.3, -0.25) is 4.79 Å². The Kier molecular flexibility index (Phi) is 6.05. The largest absolute Gasteiger partial charge is 0.416 e. The van der Waals surface area contributed by atoms with Gasteiger partial charge < -0.3 is 0 Å². The number of carbonyl (C=O) groups excluding carboxylic acids is 1. The van der Waals surface area contributed by atoms with Crippen LogP contribution in [0.4, 0.5) is 13.2 Å². The molecular weight excluding hydrogens is 409 g/mol. The highest BCUT2D eigenvalue weighted by Gasteiger charge is 2.30. The van der Waals surface area contributed by atoms with Crippen LogP contribution in [-0.2, 0) is 6.18 Å². The van der Waals surface area contributed by atoms with Crippen molar-refractivity contribution >= 4 is 29.1 Å². The zero-order chi connectivity index (χ0) is 20.3. The zero-order valence-electron chi connectivity index (χ0n) is 14.6. The van der Waals surface area contributed by atoms with E-state index >= 15 is 0 Å². The molecule has 0 unspecified atom stereocenters. The van der Waals surface area contributed by atoms with Gasteiger partial charge in [0.15, 0.2) is 11.6 Å². The van der Waals surface area contributed by atoms with Gasteiger partial charge in [0.05, 0.1) is 11.3 Å². The molecule has 0 bridgehead atoms. The Labute approximate surface area is 169 Å². The van der Waals surface area contributed by atoms with Crippen LogP contribution in [0.3, 0.4) is 0 Å². The molecule has 3 rings (SSSR count). The van der Waals surface area contributed by atoms with Crippen LogP contribution in [0.2, 0.25) is 5.02 Å². The first-order valence-corrected chi connectivity index (χ1v) is 9.53. The number of alkyl halides is 3. The van der Waals surface area contributed by atoms with Crippen LogP contribution >= 0.6 is 23.4 Å². The Hall–Kier alpha value is -2.38. The third kappa shape index (κ3) is 5.11. The van der Waals surface area contributed by atoms with Gasteiger partial charge in [-0.05, 0) is 49.4 Å². The van der Waals surface area contributed by atoms with Crippen molar-refractivity contribution in [3.05, 3.63) is 76.4 Å². The van der Waals surface area contributed by atoms with Crippen LogP contribution in [0.25, 0.3) is 11.4 Å². The van der Waals surface area contributed by atoms with Crippen LogP contribution in [0, 0.1) is 6.92 Å². The van der Waals surface area contributed by atoms with Gasteiger partial charge in [0.2, 0.25) is 0 Å². The summed E-state index contributed by atoms with van der Waals surface area (Å²) in [6.07, 6.45) is -4.39. The van der Waals surface area contributed by atoms with E-state index in [0.29, 0.717) is 32.7 Å². The summed E-state index contributed by atoms with van der Waals surface area (Å²) in [5.74, 6) is 0.411. The number of ketones is 1. The van der Waals surface area contributed by atoms with Crippen molar-refractivity contribution in [3.63, 3.8) is 0 Å². The molecule has 0 saturated heterocycles. The lowest BCUT2D eigenvalue weighted by molar-refractivity contribution is -0.137. The van der Waals surface area contributed by atoms with Crippen LogP contribution in [0.5, 0.6) is 0 Å². The van der Waals surface area contributed by atoms with E-state index in [9.17, 15) is 18.0 Å². The van der Waals surface area contributed by atoms with Crippen LogP contribution in [-0.4, -0.2) is 21.5 Å². The summed E-state index contributed by atoms with van der Waals surface area (Å²) >= 11 is 7.07. The number of aryl methyl sites for hydroxylation is 1. The number of nitrogens with zero attached hydrogens (tertiary/aromatic N) is 2. The Balaban J connectivity index is 1.76. The molecule has 0 aliphatic heterocycles. The van der Waals surface area contributed by atoms with Crippen LogP contribution in [0.15, 0.2) is 59.6 Å². The Morgan fingerprint density at radius 1 is 1.04 bits per heavy atom. The number of hydrogen-bond acceptors (Lipinski definition) is 4. The van der Waals surface area contributed by atoms with Gasteiger partial charge in [0, 0.05) is 21.8 Å². The van der Waals surface area contributed by atoms with Gasteiger partial charge in [-0.15, -0.1) is 0 Å². The molecule has 0 fully saturated rings. The number of halogens is 4. The lowest BCUT2D eigenvalue weighted by Crippen LogP contribution is -2.04. The molecule has 1 aromatic heterocycles. The molecule has 0 aliphatic rings. The average Bonchev–Trinajstić information content (AvgIpc) is 2.66. The van der Waals surface area contributed by atoms with Crippen molar-refractivity contribution in [2.45, 2.75) is 18.1 Å². The van der Waals surface area contributed by atoms with E-state index < -0.39 is 11.7 Å². The van der Waals surface area contributed by atoms with E-state index in [1.165, 1.54) is 23.9 Å². The Morgan fingerprint density at radius 3 is 2.29 bits per heavy atom. The second kappa shape index (κ2) is 8.32. The van der Waals surface area contributed by atoms with Gasteiger partial charge in [-0.2, -0.15) is 13.2 Å². The van der Waals surface area contributed by atoms with Crippen molar-refractivity contribution < 1.29 is 18.0 Å². The molecule has 2 aromatic carbocycles. The van der Waals surface area contributed by atoms with E-state index in [0.717, 1.165) is 12.1 Å². The van der Waals surface area contributed by atoms with Crippen molar-refractivity contribution in [3.8, 4) is 11.4 Å². The van der Waals surface area contributed by atoms with Crippen molar-refractivity contribution in [1.82, 2.24) is 9.97 Å². The lowest BCUT2D eigenvalue weighted by atomic mass is 10.1. The fraction of sp³-hybridized carbons (Fsp3) is 0.150. The Bertz CT molecular complexity index is 990. The molecular formula is C20H14ClF3N2OS. The molecule has 0 aliphatic carbocycles. The van der Waals surface area contributed by atoms with Gasteiger partial charge in [0.25, 0.3) is 0 Å². The minimum atomic E-state index is -4.39. The highest BCUT2D eigenvalue weighted by atomic mass is 35.5. The molecule has 0 atom stereocenters. The number of aromatic nitrogens is 2. The molecule has 144 valence electrons. The van der Waals surface area contributed by atoms with E-state index in [4.69, 9.17) is 11.6 Å². The number of Topliss-reactive ketones (excluding diaryl/α,β-unsaturated/α-hetero) is 1. The van der Waals surface area contributed by atoms with Crippen LogP contribution < -0.4 is 0 Å². The predicted molar refractivity (Wildman–Crippen MR) is 104 cm³/mol. The highest BCUT2D eigenvalue weighted by molar-refractivity contribution is 7.99. The second-order valence-corrected chi connectivity index (χ2v) is 7.40. The molecule has 0 amide bonds. The van der Waals surface area contributed by atoms with Gasteiger partial charge in [-0.1, -0.05) is 35.5 Å². The SMILES string of the molecule is Cc1cc(SCC(=O)c2ccc(Cl)cc2)nc(-c2ccc(C(F)(F)F)cc2)n1. The summed E-state index contributed by atoms with van der Waals surface area (Å²) in [6, 6.07) is 13.0. The molecule has 0 saturated carbocycles. The molecule has 0 N–H and O–H groups in total. The minimum Gasteiger partial charge on any atom is -0.293 e. The third-order valence-electron chi connectivity index (χ3n) is 3.82. The summed E-state index contributed by atoms with van der Waals surface area (Å²) in [5.41, 5.74) is 0.951. The van der Waals surface area contributed by atoms with E-state index in [-0.39, 0.29) is 11.5 Å². The molecule has 0 radical (unpaired) electrons. The first-order chi connectivity index (χ1) is 13.2. The third-order valence-corrected chi connectivity index (χ3v) is 4.98. The minimum absolute atomic E-state index is 0.0750. The van der Waals surface area contributed by atoms with Crippen molar-refractivity contribution in [1.29, 1.82) is 0 Å². The molecule has 8 heteroatoms. The van der Waals surface area contributed by atoms with Crippen molar-refractivity contribution in [2.75, 3.05) is 5.75 Å². The lowest BCUT2D eigenvalue weighted by Gasteiger charge is -2.09. The first-order valence-electron chi connectivity index (χ1n) is 8.17. The maximum Gasteiger partial charge on any atom is 0.416 e. The van der Waals surface area contributed by atoms with E-state index in [1.54, 1.807) is 37.3 Å². The smallest absolute Gasteiger partial charge is 0.293 e. The summed E-state index contributed by atoms with van der Waals surface area (Å²) in [5, 5.41) is 1.13. The second-order valence-electron chi connectivity index (χ2n) is 5.97. The summed E-state index contributed by atoms with van der Waals surface area (Å²) < 4.78 is 38.1. The molecule has 3 aromatic rings. The predicted octanol–water partition coefficient (Wildman–Crippen LogP) is 6.10. The normalized spacial score (nSPS) is 11.5. The monoisotopic (exact) mass is 422 g/mol. The number of hydrogen-bond donors (Lipinski definition) is 0. The number of rotatable bonds is 5. The fourth-order valence-corrected chi connectivity index (χ4v) is 3.39. The van der Waals surface area contributed by atoms with Gasteiger partial charge in [0.1, 0.15) is 5.03 Å². The highest BCUT2D eigenvalue weighted by Crippen LogP contribution is 2.31. The molecule has 28 heavy (non-hydrogen) atoms. The standard InChI is InChI=1S/C20H14ClF3N2OS/c1-12-10-18(28-11-17(27)13-4-8-16(21)9-5-13)26-19(25-12)14-2-6-15(7-3-14)20(22,23)24/h2-10H,11H2,1H3. The van der Waals surface area contributed by atoms with Gasteiger partial charge in [-0.25, -0.2) is 9.97 Å². The maximum absolute atomic E-state index is 12.7. The van der Waals surface area contributed by atoms with Gasteiger partial charge >= 0.3 is 6.18 Å². The topological polar surface area (TPSA) is 42.9 Å². The number of benzene rings is 2. The fourth-order valence-electron chi connectivity index (χ4n) is 2.41. The average molecular weight is 423 g/mol. The first kappa shape index (κ1) is 20.4. The summed E-state index contributed by atoms with van der Waals surface area (Å²) in [7, 11) is 0. The zero-order valence-corrected chi connectivity index (χ0v) is 16.2. The molecule has 1 heterocycles. The van der Waals surface area contributed by atoms with Crippen LogP contribution in [0.1, 0.15) is 21.6 Å². The molecule has 3 nitrogen and oxygen atoms in total. The van der Waals surface area contributed by atoms with E-state index in [1.807, 2.05) is 0 Å². The number of thioether (sulfide) groups is 1. The molecule has 0 spiro atoms. The Morgan fingerprint density at radius 2 is 1.68 bits per heavy atom. The number of carbonyl (C=O) groups is 1.